The third-order valence-corrected chi connectivity index (χ3v) is 5.39. The molecule has 7 nitrogen and oxygen atoms in total. The number of hydrogen-bond donors (Lipinski definition) is 3. The van der Waals surface area contributed by atoms with Crippen molar-refractivity contribution in [2.24, 2.45) is 0 Å². The molecule has 156 valence electrons. The minimum atomic E-state index is -0.657. The predicted octanol–water partition coefficient (Wildman–Crippen LogP) is 4.83. The Labute approximate surface area is 181 Å². The Balaban J connectivity index is 1.53. The van der Waals surface area contributed by atoms with E-state index in [0.717, 1.165) is 16.7 Å². The van der Waals surface area contributed by atoms with Gasteiger partial charge in [-0.2, -0.15) is 0 Å². The van der Waals surface area contributed by atoms with Crippen molar-refractivity contribution >= 4 is 29.0 Å². The zero-order valence-electron chi connectivity index (χ0n) is 16.1. The number of aromatic hydroxyl groups is 3. The van der Waals surface area contributed by atoms with Crippen LogP contribution in [-0.2, 0) is 11.3 Å². The Hall–Kier alpha value is -3.91. The molecule has 0 atom stereocenters. The maximum Gasteiger partial charge on any atom is 0.293 e. The smallest absolute Gasteiger partial charge is 0.293 e. The summed E-state index contributed by atoms with van der Waals surface area (Å²) < 4.78 is 5.80. The zero-order chi connectivity index (χ0) is 22.0. The number of benzene rings is 3. The lowest BCUT2D eigenvalue weighted by Crippen LogP contribution is -2.27. The van der Waals surface area contributed by atoms with Gasteiger partial charge in [0.2, 0.25) is 0 Å². The van der Waals surface area contributed by atoms with Gasteiger partial charge < -0.3 is 20.1 Å². The predicted molar refractivity (Wildman–Crippen MR) is 116 cm³/mol. The number of imide groups is 1. The van der Waals surface area contributed by atoms with E-state index in [9.17, 15) is 24.9 Å². The molecule has 1 aliphatic heterocycles. The summed E-state index contributed by atoms with van der Waals surface area (Å²) >= 11 is 0.801. The first-order valence-corrected chi connectivity index (χ1v) is 10.0. The highest BCUT2D eigenvalue weighted by Crippen LogP contribution is 2.38. The van der Waals surface area contributed by atoms with Crippen LogP contribution in [0.15, 0.2) is 71.6 Å². The molecule has 1 fully saturated rings. The van der Waals surface area contributed by atoms with Gasteiger partial charge in [0.15, 0.2) is 17.2 Å². The number of rotatable bonds is 5. The summed E-state index contributed by atoms with van der Waals surface area (Å²) in [6.45, 7) is -0.152. The van der Waals surface area contributed by atoms with Crippen LogP contribution in [0, 0.1) is 0 Å². The number of phenolic OH excluding ortho intramolecular Hbond substituents is 3. The quantitative estimate of drug-likeness (QED) is 0.389. The maximum atomic E-state index is 12.7. The number of nitrogens with zero attached hydrogens (tertiary/aromatic N) is 1. The molecule has 0 bridgehead atoms. The first kappa shape index (κ1) is 20.4. The minimum absolute atomic E-state index is 0.152. The van der Waals surface area contributed by atoms with Crippen LogP contribution in [0.5, 0.6) is 28.7 Å². The average molecular weight is 435 g/mol. The fourth-order valence-corrected chi connectivity index (χ4v) is 3.85. The zero-order valence-corrected chi connectivity index (χ0v) is 16.9. The number of carbonyl (C=O) groups excluding carboxylic acids is 2. The van der Waals surface area contributed by atoms with Crippen LogP contribution < -0.4 is 4.74 Å². The molecule has 3 N–H and O–H groups in total. The molecule has 1 heterocycles. The van der Waals surface area contributed by atoms with E-state index in [0.29, 0.717) is 22.6 Å². The summed E-state index contributed by atoms with van der Waals surface area (Å²) in [7, 11) is 0. The summed E-state index contributed by atoms with van der Waals surface area (Å²) in [5.41, 5.74) is 0.994. The normalized spacial score (nSPS) is 15.0. The van der Waals surface area contributed by atoms with Crippen LogP contribution in [0.3, 0.4) is 0 Å². The third-order valence-electron chi connectivity index (χ3n) is 4.48. The van der Waals surface area contributed by atoms with Crippen LogP contribution in [0.1, 0.15) is 11.1 Å². The van der Waals surface area contributed by atoms with E-state index in [4.69, 9.17) is 4.74 Å². The van der Waals surface area contributed by atoms with Crippen LogP contribution in [0.25, 0.3) is 6.08 Å². The van der Waals surface area contributed by atoms with Crippen molar-refractivity contribution < 1.29 is 29.6 Å². The highest BCUT2D eigenvalue weighted by molar-refractivity contribution is 8.18. The average Bonchev–Trinajstić information content (AvgIpc) is 3.00. The van der Waals surface area contributed by atoms with Gasteiger partial charge in [0.1, 0.15) is 11.5 Å². The number of para-hydroxylation sites is 1. The second kappa shape index (κ2) is 8.45. The van der Waals surface area contributed by atoms with Gasteiger partial charge in [-0.25, -0.2) is 0 Å². The van der Waals surface area contributed by atoms with Crippen molar-refractivity contribution in [3.63, 3.8) is 0 Å². The summed E-state index contributed by atoms with van der Waals surface area (Å²) in [6.07, 6.45) is 1.61. The van der Waals surface area contributed by atoms with Crippen LogP contribution in [0.2, 0.25) is 0 Å². The first-order chi connectivity index (χ1) is 14.9. The third kappa shape index (κ3) is 4.49. The van der Waals surface area contributed by atoms with Crippen molar-refractivity contribution in [2.75, 3.05) is 0 Å². The van der Waals surface area contributed by atoms with Crippen molar-refractivity contribution in [2.45, 2.75) is 6.54 Å². The maximum absolute atomic E-state index is 12.7. The van der Waals surface area contributed by atoms with Gasteiger partial charge in [0.25, 0.3) is 11.1 Å². The molecular weight excluding hydrogens is 418 g/mol. The highest BCUT2D eigenvalue weighted by atomic mass is 32.2. The molecule has 0 aliphatic carbocycles. The molecule has 0 radical (unpaired) electrons. The standard InChI is InChI=1S/C23H17NO6S/c25-18-10-15(11-19(26)21(18)27)13-24-22(28)20(31-23(24)29)12-14-5-4-8-17(9-14)30-16-6-2-1-3-7-16/h1-12,25-27H,13H2/b20-12+. The molecule has 31 heavy (non-hydrogen) atoms. The summed E-state index contributed by atoms with van der Waals surface area (Å²) in [4.78, 5) is 26.4. The number of thioether (sulfide) groups is 1. The topological polar surface area (TPSA) is 107 Å². The largest absolute Gasteiger partial charge is 0.504 e. The Bertz CT molecular complexity index is 1170. The Morgan fingerprint density at radius 3 is 2.26 bits per heavy atom. The second-order valence-corrected chi connectivity index (χ2v) is 7.73. The van der Waals surface area contributed by atoms with E-state index in [2.05, 4.69) is 0 Å². The van der Waals surface area contributed by atoms with E-state index in [1.54, 1.807) is 30.3 Å². The summed E-state index contributed by atoms with van der Waals surface area (Å²) in [5, 5.41) is 28.3. The number of phenols is 3. The number of carbonyl (C=O) groups is 2. The Morgan fingerprint density at radius 2 is 1.55 bits per heavy atom. The van der Waals surface area contributed by atoms with E-state index in [-0.39, 0.29) is 11.4 Å². The van der Waals surface area contributed by atoms with Crippen LogP contribution in [-0.4, -0.2) is 31.4 Å². The van der Waals surface area contributed by atoms with Crippen molar-refractivity contribution in [1.29, 1.82) is 0 Å². The molecule has 3 aromatic rings. The molecule has 0 unspecified atom stereocenters. The van der Waals surface area contributed by atoms with Gasteiger partial charge in [-0.1, -0.05) is 30.3 Å². The fraction of sp³-hybridized carbons (Fsp3) is 0.0435. The molecule has 0 spiro atoms. The SMILES string of the molecule is O=C1S/C(=C/c2cccc(Oc3ccccc3)c2)C(=O)N1Cc1cc(O)c(O)c(O)c1. The molecule has 1 saturated heterocycles. The Morgan fingerprint density at radius 1 is 0.871 bits per heavy atom. The minimum Gasteiger partial charge on any atom is -0.504 e. The van der Waals surface area contributed by atoms with Gasteiger partial charge in [-0.15, -0.1) is 0 Å². The molecule has 8 heteroatoms. The molecule has 0 aromatic heterocycles. The number of hydrogen-bond acceptors (Lipinski definition) is 7. The van der Waals surface area contributed by atoms with E-state index < -0.39 is 28.4 Å². The number of ether oxygens (including phenoxy) is 1. The van der Waals surface area contributed by atoms with Gasteiger partial charge in [-0.3, -0.25) is 14.5 Å². The lowest BCUT2D eigenvalue weighted by atomic mass is 10.1. The number of amides is 2. The van der Waals surface area contributed by atoms with Crippen LogP contribution >= 0.6 is 11.8 Å². The Kier molecular flexibility index (Phi) is 5.55. The molecule has 2 amide bonds. The summed E-state index contributed by atoms with van der Waals surface area (Å²) in [5.74, 6) is -0.943. The van der Waals surface area contributed by atoms with Crippen LogP contribution in [0.4, 0.5) is 4.79 Å². The lowest BCUT2D eigenvalue weighted by Gasteiger charge is -2.13. The molecule has 4 rings (SSSR count). The van der Waals surface area contributed by atoms with Gasteiger partial charge in [0.05, 0.1) is 11.4 Å². The summed E-state index contributed by atoms with van der Waals surface area (Å²) in [6, 6.07) is 18.8. The molecule has 3 aromatic carbocycles. The molecule has 0 saturated carbocycles. The lowest BCUT2D eigenvalue weighted by molar-refractivity contribution is -0.123. The highest BCUT2D eigenvalue weighted by Gasteiger charge is 2.35. The van der Waals surface area contributed by atoms with E-state index >= 15 is 0 Å². The fourth-order valence-electron chi connectivity index (χ4n) is 3.01. The van der Waals surface area contributed by atoms with Gasteiger partial charge in [0, 0.05) is 0 Å². The second-order valence-electron chi connectivity index (χ2n) is 6.74. The van der Waals surface area contributed by atoms with Crippen molar-refractivity contribution in [1.82, 2.24) is 4.90 Å². The molecular formula is C23H17NO6S. The van der Waals surface area contributed by atoms with Crippen molar-refractivity contribution in [3.8, 4) is 28.7 Å². The van der Waals surface area contributed by atoms with E-state index in [1.165, 1.54) is 12.1 Å². The first-order valence-electron chi connectivity index (χ1n) is 9.23. The van der Waals surface area contributed by atoms with Gasteiger partial charge >= 0.3 is 0 Å². The monoisotopic (exact) mass is 435 g/mol. The molecule has 1 aliphatic rings. The van der Waals surface area contributed by atoms with E-state index in [1.807, 2.05) is 30.3 Å². The van der Waals surface area contributed by atoms with Gasteiger partial charge in [-0.05, 0) is 65.4 Å². The van der Waals surface area contributed by atoms with Crippen molar-refractivity contribution in [3.05, 3.63) is 82.8 Å².